The third kappa shape index (κ3) is 5.78. The second-order valence-corrected chi connectivity index (χ2v) is 15.9. The van der Waals surface area contributed by atoms with Crippen molar-refractivity contribution in [3.8, 4) is 0 Å². The normalized spacial score (nSPS) is 23.3. The Kier molecular flexibility index (Phi) is 7.65. The van der Waals surface area contributed by atoms with E-state index in [4.69, 9.17) is 4.74 Å². The summed E-state index contributed by atoms with van der Waals surface area (Å²) in [7, 11) is -2.53. The van der Waals surface area contributed by atoms with Gasteiger partial charge < -0.3 is 4.74 Å². The second-order valence-electron chi connectivity index (χ2n) is 8.72. The van der Waals surface area contributed by atoms with Gasteiger partial charge in [-0.2, -0.15) is 0 Å². The zero-order chi connectivity index (χ0) is 19.3. The molecule has 0 saturated heterocycles. The van der Waals surface area contributed by atoms with Crippen LogP contribution in [0, 0.1) is 18.8 Å². The van der Waals surface area contributed by atoms with Crippen LogP contribution in [0.4, 0.5) is 0 Å². The highest BCUT2D eigenvalue weighted by molar-refractivity contribution is 7.85. The van der Waals surface area contributed by atoms with Crippen molar-refractivity contribution in [2.45, 2.75) is 75.4 Å². The van der Waals surface area contributed by atoms with Crippen molar-refractivity contribution in [1.29, 1.82) is 0 Å². The topological polar surface area (TPSA) is 43.4 Å². The first-order valence-corrected chi connectivity index (χ1v) is 14.8. The van der Waals surface area contributed by atoms with Crippen LogP contribution in [0.5, 0.6) is 0 Å². The summed E-state index contributed by atoms with van der Waals surface area (Å²) in [6.07, 6.45) is 4.04. The molecule has 1 aliphatic rings. The lowest BCUT2D eigenvalue weighted by Gasteiger charge is -2.37. The number of hydrogen-bond donors (Lipinski definition) is 0. The fourth-order valence-corrected chi connectivity index (χ4v) is 9.00. The van der Waals surface area contributed by atoms with E-state index in [0.717, 1.165) is 36.6 Å². The van der Waals surface area contributed by atoms with Gasteiger partial charge in [-0.05, 0) is 50.8 Å². The van der Waals surface area contributed by atoms with E-state index >= 15 is 0 Å². The molecule has 26 heavy (non-hydrogen) atoms. The standard InChI is InChI=1S/C21H34O3SSi/c1-6-24-21(22)19-10-8-7-9-18(19)20(15-26(3,4)5)25(23)17-13-11-16(2)12-14-17/h11-14,18-20H,6-10,15H2,1-5H3/t18-,19+,20-,25?/m0/s1. The van der Waals surface area contributed by atoms with Crippen molar-refractivity contribution in [2.24, 2.45) is 11.8 Å². The molecule has 146 valence electrons. The molecule has 0 radical (unpaired) electrons. The Morgan fingerprint density at radius 1 is 1.19 bits per heavy atom. The van der Waals surface area contributed by atoms with Gasteiger partial charge in [-0.1, -0.05) is 50.2 Å². The van der Waals surface area contributed by atoms with Gasteiger partial charge in [0.25, 0.3) is 0 Å². The Bertz CT molecular complexity index is 621. The average Bonchev–Trinajstić information content (AvgIpc) is 2.59. The number of rotatable bonds is 7. The van der Waals surface area contributed by atoms with Crippen molar-refractivity contribution in [2.75, 3.05) is 6.61 Å². The Hall–Kier alpha value is -0.943. The first-order valence-electron chi connectivity index (χ1n) is 9.87. The van der Waals surface area contributed by atoms with Crippen LogP contribution in [0.3, 0.4) is 0 Å². The molecule has 0 heterocycles. The predicted octanol–water partition coefficient (Wildman–Crippen LogP) is 5.18. The summed E-state index contributed by atoms with van der Waals surface area (Å²) in [5, 5.41) is 0.0408. The third-order valence-electron chi connectivity index (χ3n) is 5.23. The zero-order valence-electron chi connectivity index (χ0n) is 16.9. The molecule has 0 bridgehead atoms. The maximum Gasteiger partial charge on any atom is 0.309 e. The van der Waals surface area contributed by atoms with Crippen molar-refractivity contribution >= 4 is 24.8 Å². The summed E-state index contributed by atoms with van der Waals surface area (Å²) < 4.78 is 18.9. The number of hydrogen-bond acceptors (Lipinski definition) is 3. The van der Waals surface area contributed by atoms with Crippen LogP contribution >= 0.6 is 0 Å². The lowest BCUT2D eigenvalue weighted by atomic mass is 9.77. The molecule has 0 N–H and O–H groups in total. The molecule has 0 spiro atoms. The van der Waals surface area contributed by atoms with E-state index in [-0.39, 0.29) is 23.1 Å². The van der Waals surface area contributed by atoms with Gasteiger partial charge in [0.15, 0.2) is 0 Å². The van der Waals surface area contributed by atoms with Crippen LogP contribution in [-0.4, -0.2) is 30.1 Å². The molecule has 2 rings (SSSR count). The summed E-state index contributed by atoms with van der Waals surface area (Å²) >= 11 is 0. The first kappa shape index (κ1) is 21.4. The SMILES string of the molecule is CCOC(=O)[C@@H]1CCCC[C@@H]1[C@H](C[Si](C)(C)C)S(=O)c1ccc(C)cc1. The van der Waals surface area contributed by atoms with E-state index < -0.39 is 18.9 Å². The van der Waals surface area contributed by atoms with Crippen LogP contribution < -0.4 is 0 Å². The summed E-state index contributed by atoms with van der Waals surface area (Å²) in [5.41, 5.74) is 1.18. The maximum atomic E-state index is 13.5. The summed E-state index contributed by atoms with van der Waals surface area (Å²) in [4.78, 5) is 13.5. The fraction of sp³-hybridized carbons (Fsp3) is 0.667. The average molecular weight is 395 g/mol. The number of aryl methyl sites for hydroxylation is 1. The van der Waals surface area contributed by atoms with Crippen molar-refractivity contribution in [3.63, 3.8) is 0 Å². The molecule has 1 aromatic carbocycles. The number of esters is 1. The highest BCUT2D eigenvalue weighted by Crippen LogP contribution is 2.39. The number of carbonyl (C=O) groups is 1. The minimum atomic E-state index is -1.44. The fourth-order valence-electron chi connectivity index (χ4n) is 3.98. The van der Waals surface area contributed by atoms with E-state index in [9.17, 15) is 9.00 Å². The highest BCUT2D eigenvalue weighted by atomic mass is 32.2. The Morgan fingerprint density at radius 3 is 2.38 bits per heavy atom. The molecule has 1 saturated carbocycles. The van der Waals surface area contributed by atoms with E-state index in [1.165, 1.54) is 5.56 Å². The van der Waals surface area contributed by atoms with Gasteiger partial charge in [0.05, 0.1) is 23.3 Å². The number of carbonyl (C=O) groups excluding carboxylic acids is 1. The Morgan fingerprint density at radius 2 is 1.81 bits per heavy atom. The highest BCUT2D eigenvalue weighted by Gasteiger charge is 2.41. The quantitative estimate of drug-likeness (QED) is 0.473. The van der Waals surface area contributed by atoms with Gasteiger partial charge in [-0.25, -0.2) is 0 Å². The van der Waals surface area contributed by atoms with E-state index in [1.54, 1.807) is 0 Å². The van der Waals surface area contributed by atoms with Crippen molar-refractivity contribution in [1.82, 2.24) is 0 Å². The second kappa shape index (κ2) is 9.31. The minimum Gasteiger partial charge on any atom is -0.466 e. The molecule has 3 nitrogen and oxygen atoms in total. The van der Waals surface area contributed by atoms with Crippen LogP contribution in [-0.2, 0) is 20.3 Å². The van der Waals surface area contributed by atoms with E-state index in [0.29, 0.717) is 6.61 Å². The third-order valence-corrected chi connectivity index (χ3v) is 8.99. The molecule has 0 amide bonds. The van der Waals surface area contributed by atoms with Crippen LogP contribution in [0.1, 0.15) is 38.2 Å². The molecular weight excluding hydrogens is 360 g/mol. The predicted molar refractivity (Wildman–Crippen MR) is 112 cm³/mol. The number of benzene rings is 1. The van der Waals surface area contributed by atoms with E-state index in [1.807, 2.05) is 38.1 Å². The van der Waals surface area contributed by atoms with Crippen molar-refractivity contribution < 1.29 is 13.7 Å². The number of ether oxygens (including phenoxy) is 1. The van der Waals surface area contributed by atoms with Crippen LogP contribution in [0.25, 0.3) is 0 Å². The largest absolute Gasteiger partial charge is 0.466 e. The molecule has 1 fully saturated rings. The molecule has 4 atom stereocenters. The molecule has 0 aromatic heterocycles. The maximum absolute atomic E-state index is 13.5. The molecule has 5 heteroatoms. The molecular formula is C21H34O3SSi. The smallest absolute Gasteiger partial charge is 0.309 e. The van der Waals surface area contributed by atoms with Crippen LogP contribution in [0.15, 0.2) is 29.2 Å². The monoisotopic (exact) mass is 394 g/mol. The zero-order valence-corrected chi connectivity index (χ0v) is 18.7. The Labute approximate surface area is 162 Å². The molecule has 1 aromatic rings. The molecule has 1 aliphatic carbocycles. The lowest BCUT2D eigenvalue weighted by Crippen LogP contribution is -2.42. The summed E-state index contributed by atoms with van der Waals surface area (Å²) in [5.74, 6) is -0.0187. The Balaban J connectivity index is 2.33. The van der Waals surface area contributed by atoms with Gasteiger partial charge in [-0.3, -0.25) is 9.00 Å². The first-order chi connectivity index (χ1) is 12.2. The van der Waals surface area contributed by atoms with Crippen molar-refractivity contribution in [3.05, 3.63) is 29.8 Å². The van der Waals surface area contributed by atoms with Gasteiger partial charge >= 0.3 is 5.97 Å². The minimum absolute atomic E-state index is 0.0408. The summed E-state index contributed by atoms with van der Waals surface area (Å²) in [6, 6.07) is 9.02. The van der Waals surface area contributed by atoms with E-state index in [2.05, 4.69) is 19.6 Å². The molecule has 1 unspecified atom stereocenters. The lowest BCUT2D eigenvalue weighted by molar-refractivity contribution is -0.151. The van der Waals surface area contributed by atoms with Gasteiger partial charge in [0.2, 0.25) is 0 Å². The summed E-state index contributed by atoms with van der Waals surface area (Å²) in [6.45, 7) is 11.3. The van der Waals surface area contributed by atoms with Gasteiger partial charge in [-0.15, -0.1) is 0 Å². The van der Waals surface area contributed by atoms with Gasteiger partial charge in [0, 0.05) is 18.2 Å². The van der Waals surface area contributed by atoms with Gasteiger partial charge in [0.1, 0.15) is 0 Å². The molecule has 0 aliphatic heterocycles. The van der Waals surface area contributed by atoms with Crippen LogP contribution in [0.2, 0.25) is 25.7 Å².